The van der Waals surface area contributed by atoms with E-state index in [-0.39, 0.29) is 5.91 Å². The molecule has 0 bridgehead atoms. The molecule has 3 heterocycles. The lowest BCUT2D eigenvalue weighted by atomic mass is 10.2. The molecule has 0 saturated heterocycles. The molecule has 7 nitrogen and oxygen atoms in total. The second-order valence-corrected chi connectivity index (χ2v) is 8.02. The predicted octanol–water partition coefficient (Wildman–Crippen LogP) is 4.24. The molecular formula is C19H16Cl2N6OS. The van der Waals surface area contributed by atoms with E-state index in [1.165, 1.54) is 11.2 Å². The molecule has 4 aromatic rings. The molecule has 0 unspecified atom stereocenters. The molecule has 4 rings (SSSR count). The zero-order valence-corrected chi connectivity index (χ0v) is 17.4. The molecule has 1 amide bonds. The smallest absolute Gasteiger partial charge is 0.252 e. The van der Waals surface area contributed by atoms with Gasteiger partial charge in [0.05, 0.1) is 35.3 Å². The molecule has 29 heavy (non-hydrogen) atoms. The van der Waals surface area contributed by atoms with E-state index in [2.05, 4.69) is 31.8 Å². The maximum Gasteiger partial charge on any atom is 0.252 e. The van der Waals surface area contributed by atoms with E-state index in [1.54, 1.807) is 40.4 Å². The van der Waals surface area contributed by atoms with Crippen LogP contribution in [0, 0.1) is 0 Å². The maximum absolute atomic E-state index is 12.3. The zero-order valence-electron chi connectivity index (χ0n) is 15.1. The summed E-state index contributed by atoms with van der Waals surface area (Å²) in [6, 6.07) is 8.85. The minimum absolute atomic E-state index is 0.268. The molecule has 0 aliphatic heterocycles. The van der Waals surface area contributed by atoms with Gasteiger partial charge in [-0.15, -0.1) is 11.3 Å². The summed E-state index contributed by atoms with van der Waals surface area (Å²) in [5, 5.41) is 14.2. The van der Waals surface area contributed by atoms with Gasteiger partial charge in [0.1, 0.15) is 12.1 Å². The van der Waals surface area contributed by atoms with Crippen LogP contribution in [0.3, 0.4) is 0 Å². The first-order chi connectivity index (χ1) is 14.1. The fourth-order valence-corrected chi connectivity index (χ4v) is 3.96. The van der Waals surface area contributed by atoms with Gasteiger partial charge in [-0.3, -0.25) is 4.79 Å². The first-order valence-electron chi connectivity index (χ1n) is 8.78. The summed E-state index contributed by atoms with van der Waals surface area (Å²) in [5.41, 5.74) is 1.08. The first kappa shape index (κ1) is 19.6. The van der Waals surface area contributed by atoms with E-state index in [0.717, 1.165) is 11.2 Å². The number of anilines is 1. The van der Waals surface area contributed by atoms with Crippen LogP contribution in [-0.4, -0.2) is 32.2 Å². The number of thiophene rings is 1. The monoisotopic (exact) mass is 446 g/mol. The van der Waals surface area contributed by atoms with Crippen LogP contribution in [0.5, 0.6) is 0 Å². The molecule has 0 spiro atoms. The summed E-state index contributed by atoms with van der Waals surface area (Å²) in [7, 11) is 0. The minimum Gasteiger partial charge on any atom is -0.364 e. The second kappa shape index (κ2) is 8.77. The fourth-order valence-electron chi connectivity index (χ4n) is 2.83. The van der Waals surface area contributed by atoms with Gasteiger partial charge < -0.3 is 10.6 Å². The predicted molar refractivity (Wildman–Crippen MR) is 116 cm³/mol. The third-order valence-corrected chi connectivity index (χ3v) is 5.65. The van der Waals surface area contributed by atoms with Crippen LogP contribution in [0.4, 0.5) is 5.82 Å². The van der Waals surface area contributed by atoms with Crippen LogP contribution in [0.2, 0.25) is 10.0 Å². The molecule has 3 aromatic heterocycles. The van der Waals surface area contributed by atoms with Crippen molar-refractivity contribution in [2.75, 3.05) is 11.9 Å². The van der Waals surface area contributed by atoms with Crippen molar-refractivity contribution in [2.45, 2.75) is 13.1 Å². The Bertz CT molecular complexity index is 1150. The molecule has 10 heteroatoms. The molecule has 0 fully saturated rings. The van der Waals surface area contributed by atoms with Crippen molar-refractivity contribution in [3.8, 4) is 0 Å². The van der Waals surface area contributed by atoms with Gasteiger partial charge in [-0.25, -0.2) is 14.6 Å². The van der Waals surface area contributed by atoms with Crippen LogP contribution in [0.15, 0.2) is 48.2 Å². The summed E-state index contributed by atoms with van der Waals surface area (Å²) < 4.78 is 1.73. The quantitative estimate of drug-likeness (QED) is 0.443. The highest BCUT2D eigenvalue weighted by Crippen LogP contribution is 2.21. The fraction of sp³-hybridized carbons (Fsp3) is 0.158. The highest BCUT2D eigenvalue weighted by Gasteiger charge is 2.12. The lowest BCUT2D eigenvalue weighted by Crippen LogP contribution is -2.27. The molecule has 0 aliphatic rings. The van der Waals surface area contributed by atoms with Gasteiger partial charge in [0.25, 0.3) is 5.91 Å². The number of halogens is 2. The Labute approximate surface area is 180 Å². The van der Waals surface area contributed by atoms with Crippen molar-refractivity contribution in [3.63, 3.8) is 0 Å². The standard InChI is InChI=1S/C19H16Cl2N6OS/c20-12-3-4-14(16(21)8-12)19(28)22-5-6-27-18-15(10-26-27)17(24-11-25-18)23-9-13-2-1-7-29-13/h1-4,7-8,10-11H,5-6,9H2,(H,22,28)(H,23,24,25). The minimum atomic E-state index is -0.268. The molecule has 0 aliphatic carbocycles. The average Bonchev–Trinajstić information content (AvgIpc) is 3.36. The third kappa shape index (κ3) is 4.50. The Morgan fingerprint density at radius 2 is 2.10 bits per heavy atom. The van der Waals surface area contributed by atoms with Gasteiger partial charge in [0.15, 0.2) is 5.65 Å². The Morgan fingerprint density at radius 1 is 1.21 bits per heavy atom. The summed E-state index contributed by atoms with van der Waals surface area (Å²) in [6.45, 7) is 1.52. The van der Waals surface area contributed by atoms with E-state index < -0.39 is 0 Å². The summed E-state index contributed by atoms with van der Waals surface area (Å²) in [6.07, 6.45) is 3.23. The van der Waals surface area contributed by atoms with Crippen LogP contribution >= 0.6 is 34.5 Å². The zero-order chi connectivity index (χ0) is 20.2. The van der Waals surface area contributed by atoms with Crippen molar-refractivity contribution in [3.05, 3.63) is 68.7 Å². The Balaban J connectivity index is 1.41. The number of aromatic nitrogens is 4. The van der Waals surface area contributed by atoms with E-state index in [4.69, 9.17) is 23.2 Å². The van der Waals surface area contributed by atoms with Crippen molar-refractivity contribution < 1.29 is 4.79 Å². The van der Waals surface area contributed by atoms with Gasteiger partial charge in [-0.05, 0) is 29.6 Å². The van der Waals surface area contributed by atoms with E-state index in [9.17, 15) is 4.79 Å². The number of carbonyl (C=O) groups excluding carboxylic acids is 1. The van der Waals surface area contributed by atoms with Crippen molar-refractivity contribution in [2.24, 2.45) is 0 Å². The molecule has 0 atom stereocenters. The number of hydrogen-bond acceptors (Lipinski definition) is 6. The largest absolute Gasteiger partial charge is 0.364 e. The SMILES string of the molecule is O=C(NCCn1ncc2c(NCc3cccs3)ncnc21)c1ccc(Cl)cc1Cl. The molecule has 148 valence electrons. The van der Waals surface area contributed by atoms with E-state index >= 15 is 0 Å². The Kier molecular flexibility index (Phi) is 5.94. The summed E-state index contributed by atoms with van der Waals surface area (Å²) in [5.74, 6) is 0.461. The topological polar surface area (TPSA) is 84.7 Å². The first-order valence-corrected chi connectivity index (χ1v) is 10.4. The number of fused-ring (bicyclic) bond motifs is 1. The van der Waals surface area contributed by atoms with Crippen molar-refractivity contribution in [1.29, 1.82) is 0 Å². The summed E-state index contributed by atoms with van der Waals surface area (Å²) >= 11 is 13.6. The molecule has 0 radical (unpaired) electrons. The van der Waals surface area contributed by atoms with Gasteiger partial charge in [0, 0.05) is 16.4 Å². The molecular weight excluding hydrogens is 431 g/mol. The van der Waals surface area contributed by atoms with Crippen LogP contribution in [-0.2, 0) is 13.1 Å². The number of nitrogens with one attached hydrogen (secondary N) is 2. The van der Waals surface area contributed by atoms with Crippen LogP contribution in [0.25, 0.3) is 11.0 Å². The number of carbonyl (C=O) groups is 1. The lowest BCUT2D eigenvalue weighted by Gasteiger charge is -2.08. The van der Waals surface area contributed by atoms with Gasteiger partial charge in [0.2, 0.25) is 0 Å². The normalized spacial score (nSPS) is 11.0. The third-order valence-electron chi connectivity index (χ3n) is 4.23. The Morgan fingerprint density at radius 3 is 2.90 bits per heavy atom. The van der Waals surface area contributed by atoms with E-state index in [1.807, 2.05) is 11.4 Å². The van der Waals surface area contributed by atoms with Gasteiger partial charge in [-0.2, -0.15) is 5.10 Å². The van der Waals surface area contributed by atoms with Gasteiger partial charge in [-0.1, -0.05) is 29.3 Å². The number of amides is 1. The average molecular weight is 447 g/mol. The molecule has 2 N–H and O–H groups in total. The molecule has 0 saturated carbocycles. The lowest BCUT2D eigenvalue weighted by molar-refractivity contribution is 0.0952. The van der Waals surface area contributed by atoms with E-state index in [0.29, 0.717) is 40.9 Å². The van der Waals surface area contributed by atoms with Crippen molar-refractivity contribution in [1.82, 2.24) is 25.1 Å². The van der Waals surface area contributed by atoms with Crippen molar-refractivity contribution >= 4 is 57.3 Å². The second-order valence-electron chi connectivity index (χ2n) is 6.14. The Hall–Kier alpha value is -2.68. The maximum atomic E-state index is 12.3. The number of hydrogen-bond donors (Lipinski definition) is 2. The number of benzene rings is 1. The van der Waals surface area contributed by atoms with Gasteiger partial charge >= 0.3 is 0 Å². The number of rotatable bonds is 7. The van der Waals surface area contributed by atoms with Crippen LogP contribution in [0.1, 0.15) is 15.2 Å². The molecule has 1 aromatic carbocycles. The summed E-state index contributed by atoms with van der Waals surface area (Å²) in [4.78, 5) is 22.2. The highest BCUT2D eigenvalue weighted by atomic mass is 35.5. The van der Waals surface area contributed by atoms with Crippen LogP contribution < -0.4 is 10.6 Å². The highest BCUT2D eigenvalue weighted by molar-refractivity contribution is 7.09. The number of nitrogens with zero attached hydrogens (tertiary/aromatic N) is 4.